The second kappa shape index (κ2) is 4.95. The summed E-state index contributed by atoms with van der Waals surface area (Å²) in [6, 6.07) is 3.99. The molecule has 0 radical (unpaired) electrons. The molecule has 0 aromatic heterocycles. The molecule has 0 spiro atoms. The first-order chi connectivity index (χ1) is 7.99. The maximum Gasteiger partial charge on any atom is 0.0614 e. The molecule has 1 fully saturated rings. The van der Waals surface area contributed by atoms with Crippen molar-refractivity contribution in [1.29, 1.82) is 0 Å². The van der Waals surface area contributed by atoms with Gasteiger partial charge in [0.2, 0.25) is 0 Å². The molecule has 1 aliphatic carbocycles. The number of hydrogen-bond acceptors (Lipinski definition) is 2. The van der Waals surface area contributed by atoms with Gasteiger partial charge in [-0.1, -0.05) is 37.0 Å². The van der Waals surface area contributed by atoms with Gasteiger partial charge in [-0.05, 0) is 36.8 Å². The number of benzene rings is 1. The van der Waals surface area contributed by atoms with Gasteiger partial charge in [-0.25, -0.2) is 0 Å². The van der Waals surface area contributed by atoms with Crippen LogP contribution in [0, 0.1) is 11.8 Å². The minimum absolute atomic E-state index is 0.476. The van der Waals surface area contributed by atoms with E-state index in [0.29, 0.717) is 27.7 Å². The molecule has 0 amide bonds. The predicted molar refractivity (Wildman–Crippen MR) is 75.8 cm³/mol. The average molecular weight is 273 g/mol. The van der Waals surface area contributed by atoms with Crippen LogP contribution in [-0.2, 0) is 0 Å². The number of hydrogen-bond donors (Lipinski definition) is 2. The van der Waals surface area contributed by atoms with E-state index < -0.39 is 0 Å². The Morgan fingerprint density at radius 2 is 1.82 bits per heavy atom. The summed E-state index contributed by atoms with van der Waals surface area (Å²) in [4.78, 5) is 0. The van der Waals surface area contributed by atoms with Crippen LogP contribution in [0.1, 0.15) is 26.7 Å². The van der Waals surface area contributed by atoms with Crippen molar-refractivity contribution in [3.05, 3.63) is 22.2 Å². The summed E-state index contributed by atoms with van der Waals surface area (Å²) in [5.74, 6) is 1.42. The van der Waals surface area contributed by atoms with Crippen molar-refractivity contribution >= 4 is 34.6 Å². The summed E-state index contributed by atoms with van der Waals surface area (Å²) in [5, 5.41) is 4.54. The van der Waals surface area contributed by atoms with Gasteiger partial charge in [-0.2, -0.15) is 0 Å². The van der Waals surface area contributed by atoms with Gasteiger partial charge < -0.3 is 11.1 Å². The first-order valence-electron chi connectivity index (χ1n) is 6.00. The van der Waals surface area contributed by atoms with E-state index in [-0.39, 0.29) is 0 Å². The molecule has 3 atom stereocenters. The zero-order valence-corrected chi connectivity index (χ0v) is 11.6. The summed E-state index contributed by atoms with van der Waals surface area (Å²) >= 11 is 11.9. The van der Waals surface area contributed by atoms with E-state index in [4.69, 9.17) is 28.9 Å². The highest BCUT2D eigenvalue weighted by Crippen LogP contribution is 2.36. The predicted octanol–water partition coefficient (Wildman–Crippen LogP) is 4.42. The summed E-state index contributed by atoms with van der Waals surface area (Å²) in [5.41, 5.74) is 7.50. The minimum atomic E-state index is 0.476. The van der Waals surface area contributed by atoms with Crippen LogP contribution < -0.4 is 11.1 Å². The molecule has 0 heterocycles. The standard InChI is InChI=1S/C13H18Cl2N2/c1-7-3-4-12(8(7)2)17-13-6-10(15)9(14)5-11(13)16/h5-8,12,17H,3-4,16H2,1-2H3. The van der Waals surface area contributed by atoms with Gasteiger partial charge in [0, 0.05) is 6.04 Å². The quantitative estimate of drug-likeness (QED) is 0.783. The molecule has 94 valence electrons. The molecule has 1 aromatic carbocycles. The molecule has 2 rings (SSSR count). The van der Waals surface area contributed by atoms with Crippen LogP contribution in [0.15, 0.2) is 12.1 Å². The molecule has 0 bridgehead atoms. The van der Waals surface area contributed by atoms with Crippen molar-refractivity contribution in [1.82, 2.24) is 0 Å². The molecular weight excluding hydrogens is 255 g/mol. The first kappa shape index (κ1) is 12.8. The van der Waals surface area contributed by atoms with Gasteiger partial charge in [0.25, 0.3) is 0 Å². The van der Waals surface area contributed by atoms with Gasteiger partial charge >= 0.3 is 0 Å². The second-order valence-corrected chi connectivity index (χ2v) is 5.83. The molecular formula is C13H18Cl2N2. The van der Waals surface area contributed by atoms with Crippen molar-refractivity contribution in [2.24, 2.45) is 11.8 Å². The van der Waals surface area contributed by atoms with Crippen LogP contribution in [0.5, 0.6) is 0 Å². The molecule has 4 heteroatoms. The normalized spacial score (nSPS) is 28.4. The Hall–Kier alpha value is -0.600. The Kier molecular flexibility index (Phi) is 3.74. The highest BCUT2D eigenvalue weighted by molar-refractivity contribution is 6.42. The molecule has 17 heavy (non-hydrogen) atoms. The smallest absolute Gasteiger partial charge is 0.0614 e. The van der Waals surface area contributed by atoms with Gasteiger partial charge in [0.05, 0.1) is 21.4 Å². The maximum atomic E-state index is 6.01. The number of halogens is 2. The van der Waals surface area contributed by atoms with Crippen molar-refractivity contribution in [2.75, 3.05) is 11.1 Å². The lowest BCUT2D eigenvalue weighted by molar-refractivity contribution is 0.435. The van der Waals surface area contributed by atoms with E-state index in [1.807, 2.05) is 6.07 Å². The van der Waals surface area contributed by atoms with Crippen LogP contribution in [0.2, 0.25) is 10.0 Å². The molecule has 3 N–H and O–H groups in total. The molecule has 3 unspecified atom stereocenters. The summed E-state index contributed by atoms with van der Waals surface area (Å²) < 4.78 is 0. The number of anilines is 2. The van der Waals surface area contributed by atoms with E-state index in [0.717, 1.165) is 11.6 Å². The lowest BCUT2D eigenvalue weighted by Gasteiger charge is -2.22. The van der Waals surface area contributed by atoms with Crippen molar-refractivity contribution in [2.45, 2.75) is 32.7 Å². The monoisotopic (exact) mass is 272 g/mol. The Balaban J connectivity index is 2.16. The fraction of sp³-hybridized carbons (Fsp3) is 0.538. The zero-order chi connectivity index (χ0) is 12.6. The lowest BCUT2D eigenvalue weighted by Crippen LogP contribution is -2.24. The van der Waals surface area contributed by atoms with Crippen molar-refractivity contribution in [3.8, 4) is 0 Å². The summed E-state index contributed by atoms with van der Waals surface area (Å²) in [6.07, 6.45) is 2.45. The van der Waals surface area contributed by atoms with Gasteiger partial charge in [0.1, 0.15) is 0 Å². The van der Waals surface area contributed by atoms with Gasteiger partial charge in [-0.15, -0.1) is 0 Å². The van der Waals surface area contributed by atoms with Crippen molar-refractivity contribution in [3.63, 3.8) is 0 Å². The molecule has 1 aromatic rings. The Labute approximate surface area is 112 Å². The van der Waals surface area contributed by atoms with Crippen LogP contribution in [0.4, 0.5) is 11.4 Å². The van der Waals surface area contributed by atoms with E-state index in [1.165, 1.54) is 12.8 Å². The Bertz CT molecular complexity index is 420. The molecule has 1 aliphatic rings. The maximum absolute atomic E-state index is 6.01. The zero-order valence-electron chi connectivity index (χ0n) is 10.1. The minimum Gasteiger partial charge on any atom is -0.397 e. The molecule has 0 saturated heterocycles. The largest absolute Gasteiger partial charge is 0.397 e. The molecule has 0 aliphatic heterocycles. The molecule has 1 saturated carbocycles. The molecule has 2 nitrogen and oxygen atoms in total. The number of nitrogens with two attached hydrogens (primary N) is 1. The van der Waals surface area contributed by atoms with Crippen LogP contribution in [0.25, 0.3) is 0 Å². The van der Waals surface area contributed by atoms with E-state index in [9.17, 15) is 0 Å². The average Bonchev–Trinajstić information content (AvgIpc) is 2.58. The van der Waals surface area contributed by atoms with Crippen molar-refractivity contribution < 1.29 is 0 Å². The number of nitrogen functional groups attached to an aromatic ring is 1. The Morgan fingerprint density at radius 1 is 1.18 bits per heavy atom. The van der Waals surface area contributed by atoms with E-state index in [1.54, 1.807) is 6.07 Å². The fourth-order valence-corrected chi connectivity index (χ4v) is 2.79. The number of rotatable bonds is 2. The lowest BCUT2D eigenvalue weighted by atomic mass is 9.97. The highest BCUT2D eigenvalue weighted by Gasteiger charge is 2.29. The third kappa shape index (κ3) is 2.63. The Morgan fingerprint density at radius 3 is 2.41 bits per heavy atom. The van der Waals surface area contributed by atoms with Crippen LogP contribution in [0.3, 0.4) is 0 Å². The topological polar surface area (TPSA) is 38.0 Å². The van der Waals surface area contributed by atoms with Gasteiger partial charge in [0.15, 0.2) is 0 Å². The third-order valence-electron chi connectivity index (χ3n) is 3.90. The van der Waals surface area contributed by atoms with Gasteiger partial charge in [-0.3, -0.25) is 0 Å². The fourth-order valence-electron chi connectivity index (χ4n) is 2.46. The third-order valence-corrected chi connectivity index (χ3v) is 4.62. The highest BCUT2D eigenvalue weighted by atomic mass is 35.5. The van der Waals surface area contributed by atoms with Crippen LogP contribution >= 0.6 is 23.2 Å². The first-order valence-corrected chi connectivity index (χ1v) is 6.75. The number of nitrogens with one attached hydrogen (secondary N) is 1. The SMILES string of the molecule is CC1CCC(Nc2cc(Cl)c(Cl)cc2N)C1C. The van der Waals surface area contributed by atoms with E-state index >= 15 is 0 Å². The second-order valence-electron chi connectivity index (χ2n) is 5.02. The summed E-state index contributed by atoms with van der Waals surface area (Å²) in [6.45, 7) is 4.58. The summed E-state index contributed by atoms with van der Waals surface area (Å²) in [7, 11) is 0. The van der Waals surface area contributed by atoms with E-state index in [2.05, 4.69) is 19.2 Å². The van der Waals surface area contributed by atoms with Crippen LogP contribution in [-0.4, -0.2) is 6.04 Å².